The molecule has 1 heterocycles. The van der Waals surface area contributed by atoms with Gasteiger partial charge in [0.2, 0.25) is 0 Å². The molecule has 106 valence electrons. The topological polar surface area (TPSA) is 51.4 Å². The van der Waals surface area contributed by atoms with Gasteiger partial charge in [0.1, 0.15) is 4.99 Å². The first-order valence-corrected chi connectivity index (χ1v) is 7.06. The van der Waals surface area contributed by atoms with E-state index < -0.39 is 0 Å². The van der Waals surface area contributed by atoms with Crippen molar-refractivity contribution in [1.29, 1.82) is 0 Å². The van der Waals surface area contributed by atoms with Crippen molar-refractivity contribution in [1.82, 2.24) is 4.98 Å². The quantitative estimate of drug-likeness (QED) is 0.741. The number of hydrogen-bond acceptors (Lipinski definition) is 4. The molecular formula is C14H23N3OS. The molecule has 1 rings (SSSR count). The highest BCUT2D eigenvalue weighted by atomic mass is 32.1. The number of aromatic nitrogens is 1. The Bertz CT molecular complexity index is 407. The summed E-state index contributed by atoms with van der Waals surface area (Å²) in [4.78, 5) is 6.86. The highest BCUT2D eigenvalue weighted by Gasteiger charge is 2.16. The fourth-order valence-electron chi connectivity index (χ4n) is 2.17. The van der Waals surface area contributed by atoms with Crippen LogP contribution in [0.3, 0.4) is 0 Å². The summed E-state index contributed by atoms with van der Waals surface area (Å²) < 4.78 is 5.20. The smallest absolute Gasteiger partial charge is 0.122 e. The van der Waals surface area contributed by atoms with Crippen LogP contribution in [0, 0.1) is 0 Å². The minimum Gasteiger partial charge on any atom is -0.388 e. The molecule has 1 aromatic heterocycles. The largest absolute Gasteiger partial charge is 0.388 e. The summed E-state index contributed by atoms with van der Waals surface area (Å²) in [6.45, 7) is 5.94. The summed E-state index contributed by atoms with van der Waals surface area (Å²) in [5, 5.41) is 0. The lowest BCUT2D eigenvalue weighted by Crippen LogP contribution is -2.37. The number of thiocarbonyl (C=S) groups is 1. The molecule has 0 aliphatic carbocycles. The lowest BCUT2D eigenvalue weighted by Gasteiger charge is -2.32. The zero-order valence-corrected chi connectivity index (χ0v) is 12.7. The Labute approximate surface area is 121 Å². The molecule has 0 spiro atoms. The Morgan fingerprint density at radius 2 is 2.16 bits per heavy atom. The van der Waals surface area contributed by atoms with E-state index in [1.54, 1.807) is 13.3 Å². The maximum Gasteiger partial charge on any atom is 0.122 e. The van der Waals surface area contributed by atoms with E-state index >= 15 is 0 Å². The van der Waals surface area contributed by atoms with Crippen LogP contribution in [0.2, 0.25) is 0 Å². The molecule has 4 nitrogen and oxygen atoms in total. The minimum atomic E-state index is 0.332. The van der Waals surface area contributed by atoms with E-state index in [4.69, 9.17) is 22.7 Å². The van der Waals surface area contributed by atoms with Crippen molar-refractivity contribution in [3.05, 3.63) is 24.0 Å². The summed E-state index contributed by atoms with van der Waals surface area (Å²) in [5.41, 5.74) is 7.42. The number of methoxy groups -OCH3 is 1. The Morgan fingerprint density at radius 1 is 1.47 bits per heavy atom. The Hall–Kier alpha value is -1.20. The van der Waals surface area contributed by atoms with Gasteiger partial charge in [-0.15, -0.1) is 0 Å². The first kappa shape index (κ1) is 15.9. The molecule has 0 atom stereocenters. The molecular weight excluding hydrogens is 258 g/mol. The van der Waals surface area contributed by atoms with Gasteiger partial charge in [0.05, 0.1) is 12.3 Å². The molecule has 0 saturated heterocycles. The van der Waals surface area contributed by atoms with Crippen LogP contribution in [-0.4, -0.2) is 36.3 Å². The third-order valence-corrected chi connectivity index (χ3v) is 3.46. The molecule has 0 bridgehead atoms. The van der Waals surface area contributed by atoms with Gasteiger partial charge in [-0.1, -0.05) is 26.1 Å². The molecule has 0 aliphatic rings. The second-order valence-electron chi connectivity index (χ2n) is 4.42. The average Bonchev–Trinajstić information content (AvgIpc) is 2.43. The highest BCUT2D eigenvalue weighted by molar-refractivity contribution is 7.80. The van der Waals surface area contributed by atoms with E-state index in [1.807, 2.05) is 12.1 Å². The van der Waals surface area contributed by atoms with Crippen LogP contribution < -0.4 is 10.6 Å². The fourth-order valence-corrected chi connectivity index (χ4v) is 2.29. The van der Waals surface area contributed by atoms with Crippen LogP contribution in [0.4, 0.5) is 5.69 Å². The minimum absolute atomic E-state index is 0.332. The molecule has 0 unspecified atom stereocenters. The van der Waals surface area contributed by atoms with Crippen molar-refractivity contribution in [2.24, 2.45) is 5.73 Å². The normalized spacial score (nSPS) is 10.7. The molecule has 0 radical (unpaired) electrons. The first-order valence-electron chi connectivity index (χ1n) is 6.65. The van der Waals surface area contributed by atoms with Crippen molar-refractivity contribution in [3.8, 4) is 0 Å². The molecule has 0 saturated carbocycles. The van der Waals surface area contributed by atoms with Crippen LogP contribution in [0.5, 0.6) is 0 Å². The SMILES string of the molecule is CCC(CC)N(CCOC)c1ccnc(C(N)=S)c1. The monoisotopic (exact) mass is 281 g/mol. The maximum atomic E-state index is 5.65. The predicted octanol–water partition coefficient (Wildman–Crippen LogP) is 2.36. The van der Waals surface area contributed by atoms with E-state index in [0.29, 0.717) is 23.3 Å². The van der Waals surface area contributed by atoms with Crippen LogP contribution >= 0.6 is 12.2 Å². The summed E-state index contributed by atoms with van der Waals surface area (Å²) in [5.74, 6) is 0. The van der Waals surface area contributed by atoms with Crippen molar-refractivity contribution < 1.29 is 4.74 Å². The lowest BCUT2D eigenvalue weighted by atomic mass is 10.1. The molecule has 0 aromatic carbocycles. The van der Waals surface area contributed by atoms with Crippen LogP contribution in [-0.2, 0) is 4.74 Å². The van der Waals surface area contributed by atoms with Gasteiger partial charge < -0.3 is 15.4 Å². The molecule has 0 fully saturated rings. The molecule has 1 aromatic rings. The number of anilines is 1. The highest BCUT2D eigenvalue weighted by Crippen LogP contribution is 2.20. The zero-order chi connectivity index (χ0) is 14.3. The molecule has 0 amide bonds. The summed E-state index contributed by atoms with van der Waals surface area (Å²) >= 11 is 4.99. The number of pyridine rings is 1. The maximum absolute atomic E-state index is 5.65. The van der Waals surface area contributed by atoms with E-state index in [0.717, 1.165) is 25.1 Å². The zero-order valence-electron chi connectivity index (χ0n) is 11.9. The molecule has 2 N–H and O–H groups in total. The van der Waals surface area contributed by atoms with Crippen molar-refractivity contribution in [2.75, 3.05) is 25.2 Å². The summed E-state index contributed by atoms with van der Waals surface area (Å²) in [6, 6.07) is 4.43. The van der Waals surface area contributed by atoms with Gasteiger partial charge >= 0.3 is 0 Å². The van der Waals surface area contributed by atoms with Gasteiger partial charge in [-0.05, 0) is 25.0 Å². The summed E-state index contributed by atoms with van der Waals surface area (Å²) in [7, 11) is 1.72. The van der Waals surface area contributed by atoms with Gasteiger partial charge in [-0.3, -0.25) is 4.98 Å². The Kier molecular flexibility index (Phi) is 6.73. The predicted molar refractivity (Wildman–Crippen MR) is 83.7 cm³/mol. The second kappa shape index (κ2) is 8.07. The van der Waals surface area contributed by atoms with E-state index in [2.05, 4.69) is 23.7 Å². The van der Waals surface area contributed by atoms with Crippen LogP contribution in [0.15, 0.2) is 18.3 Å². The van der Waals surface area contributed by atoms with Crippen LogP contribution in [0.25, 0.3) is 0 Å². The Balaban J connectivity index is 3.01. The van der Waals surface area contributed by atoms with Gasteiger partial charge in [0, 0.05) is 31.6 Å². The second-order valence-corrected chi connectivity index (χ2v) is 4.86. The average molecular weight is 281 g/mol. The molecule has 5 heteroatoms. The number of rotatable bonds is 8. The van der Waals surface area contributed by atoms with E-state index in [-0.39, 0.29) is 0 Å². The fraction of sp³-hybridized carbons (Fsp3) is 0.571. The van der Waals surface area contributed by atoms with Crippen molar-refractivity contribution >= 4 is 22.9 Å². The number of nitrogens with two attached hydrogens (primary N) is 1. The number of hydrogen-bond donors (Lipinski definition) is 1. The van der Waals surface area contributed by atoms with E-state index in [9.17, 15) is 0 Å². The number of ether oxygens (including phenoxy) is 1. The third-order valence-electron chi connectivity index (χ3n) is 3.25. The summed E-state index contributed by atoms with van der Waals surface area (Å²) in [6.07, 6.45) is 3.93. The van der Waals surface area contributed by atoms with Gasteiger partial charge in [0.15, 0.2) is 0 Å². The molecule has 19 heavy (non-hydrogen) atoms. The van der Waals surface area contributed by atoms with Gasteiger partial charge in [0.25, 0.3) is 0 Å². The van der Waals surface area contributed by atoms with Crippen LogP contribution in [0.1, 0.15) is 32.4 Å². The standard InChI is InChI=1S/C14H23N3OS/c1-4-11(5-2)17(8-9-18-3)12-6-7-16-13(10-12)14(15)19/h6-7,10-11H,4-5,8-9H2,1-3H3,(H2,15,19). The number of nitrogens with zero attached hydrogens (tertiary/aromatic N) is 2. The molecule has 0 aliphatic heterocycles. The van der Waals surface area contributed by atoms with Crippen molar-refractivity contribution in [2.45, 2.75) is 32.7 Å². The Morgan fingerprint density at radius 3 is 2.68 bits per heavy atom. The van der Waals surface area contributed by atoms with Crippen molar-refractivity contribution in [3.63, 3.8) is 0 Å². The third kappa shape index (κ3) is 4.44. The first-order chi connectivity index (χ1) is 9.13. The lowest BCUT2D eigenvalue weighted by molar-refractivity contribution is 0.202. The van der Waals surface area contributed by atoms with Gasteiger partial charge in [-0.25, -0.2) is 0 Å². The van der Waals surface area contributed by atoms with E-state index in [1.165, 1.54) is 0 Å². The van der Waals surface area contributed by atoms with Gasteiger partial charge in [-0.2, -0.15) is 0 Å².